The molecule has 0 saturated carbocycles. The molecule has 0 aliphatic carbocycles. The van der Waals surface area contributed by atoms with Crippen molar-refractivity contribution in [2.75, 3.05) is 4.72 Å². The lowest BCUT2D eigenvalue weighted by Crippen LogP contribution is -2.17. The molecular formula is C24H17F2NO4S2. The lowest BCUT2D eigenvalue weighted by molar-refractivity contribution is 0.0732. The highest BCUT2D eigenvalue weighted by Gasteiger charge is 2.27. The average Bonchev–Trinajstić information content (AvgIpc) is 3.33. The van der Waals surface area contributed by atoms with E-state index in [-0.39, 0.29) is 16.1 Å². The van der Waals surface area contributed by atoms with Crippen molar-refractivity contribution in [2.24, 2.45) is 0 Å². The van der Waals surface area contributed by atoms with Gasteiger partial charge in [0.1, 0.15) is 17.7 Å². The van der Waals surface area contributed by atoms with Crippen molar-refractivity contribution in [3.05, 3.63) is 106 Å². The Morgan fingerprint density at radius 3 is 2.12 bits per heavy atom. The van der Waals surface area contributed by atoms with Crippen LogP contribution in [-0.2, 0) is 10.0 Å². The first-order valence-corrected chi connectivity index (χ1v) is 12.1. The molecule has 0 aliphatic heterocycles. The summed E-state index contributed by atoms with van der Waals surface area (Å²) in [5.41, 5.74) is 0.621. The van der Waals surface area contributed by atoms with Crippen LogP contribution in [0.1, 0.15) is 22.0 Å². The summed E-state index contributed by atoms with van der Waals surface area (Å²) in [5, 5.41) is 14.1. The summed E-state index contributed by atoms with van der Waals surface area (Å²) in [4.78, 5) is 12.3. The Morgan fingerprint density at radius 1 is 0.909 bits per heavy atom. The lowest BCUT2D eigenvalue weighted by atomic mass is 9.99. The molecule has 0 radical (unpaired) electrons. The summed E-state index contributed by atoms with van der Waals surface area (Å²) in [7, 11) is -4.14. The van der Waals surface area contributed by atoms with Crippen molar-refractivity contribution < 1.29 is 27.1 Å². The number of halogens is 2. The van der Waals surface area contributed by atoms with Crippen LogP contribution in [0.4, 0.5) is 14.5 Å². The number of hydrogen-bond acceptors (Lipinski definition) is 5. The minimum absolute atomic E-state index is 0.0828. The minimum atomic E-state index is -4.14. The summed E-state index contributed by atoms with van der Waals surface area (Å²) in [6.07, 6.45) is -2.08. The van der Waals surface area contributed by atoms with Crippen molar-refractivity contribution in [2.45, 2.75) is 11.0 Å². The van der Waals surface area contributed by atoms with Crippen LogP contribution in [0.2, 0.25) is 0 Å². The number of benzene rings is 3. The number of thiophene rings is 1. The highest BCUT2D eigenvalue weighted by Crippen LogP contribution is 2.29. The number of aliphatic hydroxyl groups excluding tert-OH is 1. The van der Waals surface area contributed by atoms with Crippen molar-refractivity contribution in [1.82, 2.24) is 0 Å². The van der Waals surface area contributed by atoms with Gasteiger partial charge in [-0.05, 0) is 52.2 Å². The summed E-state index contributed by atoms with van der Waals surface area (Å²) in [6.45, 7) is 0. The second-order valence-corrected chi connectivity index (χ2v) is 9.59. The summed E-state index contributed by atoms with van der Waals surface area (Å²) >= 11 is 1.51. The van der Waals surface area contributed by atoms with Crippen molar-refractivity contribution in [3.63, 3.8) is 0 Å². The molecule has 1 heterocycles. The zero-order valence-electron chi connectivity index (χ0n) is 16.9. The van der Waals surface area contributed by atoms with E-state index in [0.717, 1.165) is 23.3 Å². The maximum atomic E-state index is 14.6. The molecule has 1 unspecified atom stereocenters. The molecule has 9 heteroatoms. The quantitative estimate of drug-likeness (QED) is 0.343. The summed E-state index contributed by atoms with van der Waals surface area (Å²) in [6, 6.07) is 17.0. The normalized spacial score (nSPS) is 12.3. The Labute approximate surface area is 193 Å². The Hall–Kier alpha value is -3.40. The number of aliphatic hydroxyl groups is 1. The van der Waals surface area contributed by atoms with E-state index >= 15 is 0 Å². The maximum Gasteiger partial charge on any atom is 0.261 e. The van der Waals surface area contributed by atoms with Crippen molar-refractivity contribution in [3.8, 4) is 11.1 Å². The number of hydrogen-bond donors (Lipinski definition) is 2. The van der Waals surface area contributed by atoms with E-state index in [1.165, 1.54) is 35.6 Å². The third-order valence-electron chi connectivity index (χ3n) is 4.93. The van der Waals surface area contributed by atoms with Gasteiger partial charge in [-0.15, -0.1) is 0 Å². The fraction of sp³-hybridized carbons (Fsp3) is 0.0417. The number of sulfonamides is 1. The van der Waals surface area contributed by atoms with Crippen LogP contribution in [-0.4, -0.2) is 19.3 Å². The minimum Gasteiger partial charge on any atom is -0.380 e. The summed E-state index contributed by atoms with van der Waals surface area (Å²) < 4.78 is 56.8. The maximum absolute atomic E-state index is 14.6. The summed E-state index contributed by atoms with van der Waals surface area (Å²) in [5.74, 6) is -3.39. The van der Waals surface area contributed by atoms with Gasteiger partial charge in [0.2, 0.25) is 0 Å². The van der Waals surface area contributed by atoms with Gasteiger partial charge in [-0.25, -0.2) is 17.2 Å². The second-order valence-electron chi connectivity index (χ2n) is 7.13. The number of rotatable bonds is 7. The van der Waals surface area contributed by atoms with E-state index in [9.17, 15) is 27.1 Å². The number of nitrogens with one attached hydrogen (secondary N) is 1. The standard InChI is InChI=1S/C24H17F2NO4S2/c25-20-12-18(13-21(26)22(20)24(29)23(28)16-4-2-1-3-5-16)27-33(30,31)19-8-6-15(7-9-19)17-10-11-32-14-17/h1-14,24,27,29H. The highest BCUT2D eigenvalue weighted by atomic mass is 32.2. The molecule has 33 heavy (non-hydrogen) atoms. The molecule has 4 aromatic rings. The molecule has 0 fully saturated rings. The van der Waals surface area contributed by atoms with Gasteiger partial charge in [-0.1, -0.05) is 42.5 Å². The average molecular weight is 486 g/mol. The number of ketones is 1. The van der Waals surface area contributed by atoms with Crippen LogP contribution < -0.4 is 4.72 Å². The third kappa shape index (κ3) is 4.85. The SMILES string of the molecule is O=C(c1ccccc1)C(O)c1c(F)cc(NS(=O)(=O)c2ccc(-c3ccsc3)cc2)cc1F. The highest BCUT2D eigenvalue weighted by molar-refractivity contribution is 7.92. The van der Waals surface area contributed by atoms with Gasteiger partial charge >= 0.3 is 0 Å². The largest absolute Gasteiger partial charge is 0.380 e. The van der Waals surface area contributed by atoms with E-state index in [2.05, 4.69) is 4.72 Å². The first kappa shape index (κ1) is 22.8. The molecule has 2 N–H and O–H groups in total. The van der Waals surface area contributed by atoms with Gasteiger partial charge in [0.05, 0.1) is 16.1 Å². The molecule has 0 amide bonds. The van der Waals surface area contributed by atoms with Gasteiger partial charge in [0, 0.05) is 5.56 Å². The second kappa shape index (κ2) is 9.22. The van der Waals surface area contributed by atoms with Crippen molar-refractivity contribution >= 4 is 32.8 Å². The van der Waals surface area contributed by atoms with Crippen molar-refractivity contribution in [1.29, 1.82) is 0 Å². The molecule has 3 aromatic carbocycles. The molecule has 0 bridgehead atoms. The van der Waals surface area contributed by atoms with E-state index in [4.69, 9.17) is 0 Å². The van der Waals surface area contributed by atoms with Crippen LogP contribution in [0.25, 0.3) is 11.1 Å². The lowest BCUT2D eigenvalue weighted by Gasteiger charge is -2.15. The van der Waals surface area contributed by atoms with Crippen LogP contribution in [0, 0.1) is 11.6 Å². The Balaban J connectivity index is 1.57. The first-order valence-electron chi connectivity index (χ1n) is 9.68. The van der Waals surface area contributed by atoms with E-state index in [1.54, 1.807) is 30.3 Å². The predicted molar refractivity (Wildman–Crippen MR) is 123 cm³/mol. The third-order valence-corrected chi connectivity index (χ3v) is 7.01. The van der Waals surface area contributed by atoms with Gasteiger partial charge in [-0.3, -0.25) is 9.52 Å². The van der Waals surface area contributed by atoms with Crippen LogP contribution in [0.5, 0.6) is 0 Å². The van der Waals surface area contributed by atoms with Gasteiger partial charge in [-0.2, -0.15) is 11.3 Å². The zero-order valence-corrected chi connectivity index (χ0v) is 18.5. The van der Waals surface area contributed by atoms with Gasteiger partial charge in [0.25, 0.3) is 10.0 Å². The molecule has 0 aliphatic rings. The van der Waals surface area contributed by atoms with E-state index < -0.39 is 39.1 Å². The fourth-order valence-electron chi connectivity index (χ4n) is 3.27. The number of Topliss-reactive ketones (excluding diaryl/α,β-unsaturated/α-hetero) is 1. The molecule has 1 atom stereocenters. The molecule has 0 saturated heterocycles. The predicted octanol–water partition coefficient (Wildman–Crippen LogP) is 5.41. The molecule has 0 spiro atoms. The molecule has 4 rings (SSSR count). The van der Waals surface area contributed by atoms with E-state index in [1.807, 2.05) is 16.8 Å². The number of carbonyl (C=O) groups is 1. The van der Waals surface area contributed by atoms with Gasteiger partial charge in [0.15, 0.2) is 5.78 Å². The molecule has 1 aromatic heterocycles. The molecule has 168 valence electrons. The van der Waals surface area contributed by atoms with Crippen LogP contribution >= 0.6 is 11.3 Å². The first-order chi connectivity index (χ1) is 15.8. The fourth-order valence-corrected chi connectivity index (χ4v) is 4.97. The Bertz CT molecular complexity index is 1370. The molecular weight excluding hydrogens is 468 g/mol. The Morgan fingerprint density at radius 2 is 1.55 bits per heavy atom. The smallest absolute Gasteiger partial charge is 0.261 e. The Kier molecular flexibility index (Phi) is 6.37. The topological polar surface area (TPSA) is 83.5 Å². The monoisotopic (exact) mass is 485 g/mol. The van der Waals surface area contributed by atoms with Crippen LogP contribution in [0.3, 0.4) is 0 Å². The van der Waals surface area contributed by atoms with Gasteiger partial charge < -0.3 is 5.11 Å². The zero-order chi connectivity index (χ0) is 23.6. The van der Waals surface area contributed by atoms with E-state index in [0.29, 0.717) is 0 Å². The van der Waals surface area contributed by atoms with Crippen LogP contribution in [0.15, 0.2) is 88.5 Å². The molecule has 5 nitrogen and oxygen atoms in total. The number of anilines is 1. The number of carbonyl (C=O) groups excluding carboxylic acids is 1.